The number of carboxylic acid groups (broad SMARTS) is 1. The Kier molecular flexibility index (Phi) is 5.46. The lowest BCUT2D eigenvalue weighted by atomic mass is 10.0. The van der Waals surface area contributed by atoms with E-state index in [1.165, 1.54) is 7.11 Å². The largest absolute Gasteiger partial charge is 0.496 e. The molecular weight excluding hydrogens is 348 g/mol. The predicted octanol–water partition coefficient (Wildman–Crippen LogP) is 2.71. The first kappa shape index (κ1) is 18.5. The summed E-state index contributed by atoms with van der Waals surface area (Å²) in [6.45, 7) is 2.07. The van der Waals surface area contributed by atoms with E-state index in [0.717, 1.165) is 11.1 Å². The molecule has 0 amide bonds. The zero-order valence-corrected chi connectivity index (χ0v) is 15.3. The van der Waals surface area contributed by atoms with Crippen molar-refractivity contribution in [2.45, 2.75) is 19.5 Å². The number of rotatable bonds is 7. The van der Waals surface area contributed by atoms with Crippen LogP contribution in [0.15, 0.2) is 47.2 Å². The summed E-state index contributed by atoms with van der Waals surface area (Å²) >= 11 is 0. The molecule has 8 nitrogen and oxygen atoms in total. The van der Waals surface area contributed by atoms with Gasteiger partial charge in [0.15, 0.2) is 0 Å². The van der Waals surface area contributed by atoms with Gasteiger partial charge in [-0.25, -0.2) is 0 Å². The number of nitrogens with zero attached hydrogens (tertiary/aromatic N) is 4. The van der Waals surface area contributed by atoms with E-state index in [2.05, 4.69) is 15.1 Å². The van der Waals surface area contributed by atoms with Gasteiger partial charge >= 0.3 is 5.97 Å². The van der Waals surface area contributed by atoms with Gasteiger partial charge in [0.2, 0.25) is 11.7 Å². The molecule has 0 unspecified atom stereocenters. The standard InChI is InChI=1S/C19H20N4O4/c1-12-6-7-15(26-3)14(9-12)17(19(24)25)23(2)11-16-21-18(22-27-16)13-5-4-8-20-10-13/h4-10,17H,11H2,1-3H3,(H,24,25)/t17-/m1/s1. The molecule has 0 radical (unpaired) electrons. The van der Waals surface area contributed by atoms with Crippen LogP contribution in [0.25, 0.3) is 11.4 Å². The number of carboxylic acids is 1. The Labute approximate surface area is 156 Å². The Morgan fingerprint density at radius 2 is 2.19 bits per heavy atom. The van der Waals surface area contributed by atoms with E-state index in [-0.39, 0.29) is 6.54 Å². The molecule has 2 heterocycles. The van der Waals surface area contributed by atoms with Crippen LogP contribution < -0.4 is 4.74 Å². The summed E-state index contributed by atoms with van der Waals surface area (Å²) in [4.78, 5) is 21.9. The molecule has 0 aliphatic carbocycles. The zero-order chi connectivity index (χ0) is 19.4. The van der Waals surface area contributed by atoms with Crippen LogP contribution in [0.5, 0.6) is 5.75 Å². The summed E-state index contributed by atoms with van der Waals surface area (Å²) < 4.78 is 10.6. The molecular formula is C19H20N4O4. The number of aliphatic carboxylic acids is 1. The highest BCUT2D eigenvalue weighted by molar-refractivity contribution is 5.76. The van der Waals surface area contributed by atoms with Gasteiger partial charge in [-0.15, -0.1) is 0 Å². The highest BCUT2D eigenvalue weighted by atomic mass is 16.5. The average molecular weight is 368 g/mol. The second-order valence-corrected chi connectivity index (χ2v) is 6.15. The van der Waals surface area contributed by atoms with Gasteiger partial charge in [0.25, 0.3) is 0 Å². The molecule has 1 aromatic carbocycles. The van der Waals surface area contributed by atoms with Crippen LogP contribution in [-0.4, -0.2) is 45.3 Å². The zero-order valence-electron chi connectivity index (χ0n) is 15.3. The minimum absolute atomic E-state index is 0.168. The third kappa shape index (κ3) is 4.12. The molecule has 0 bridgehead atoms. The second-order valence-electron chi connectivity index (χ2n) is 6.15. The molecule has 0 aliphatic rings. The Hall–Kier alpha value is -3.26. The minimum Gasteiger partial charge on any atom is -0.496 e. The number of pyridine rings is 1. The number of ether oxygens (including phenoxy) is 1. The lowest BCUT2D eigenvalue weighted by Crippen LogP contribution is -2.31. The van der Waals surface area contributed by atoms with Crippen molar-refractivity contribution >= 4 is 5.97 Å². The molecule has 0 saturated heterocycles. The van der Waals surface area contributed by atoms with Crippen LogP contribution in [-0.2, 0) is 11.3 Å². The Balaban J connectivity index is 1.85. The molecule has 1 atom stereocenters. The fourth-order valence-electron chi connectivity index (χ4n) is 2.86. The minimum atomic E-state index is -0.992. The lowest BCUT2D eigenvalue weighted by Gasteiger charge is -2.25. The smallest absolute Gasteiger partial charge is 0.325 e. The van der Waals surface area contributed by atoms with Gasteiger partial charge < -0.3 is 14.4 Å². The average Bonchev–Trinajstić information content (AvgIpc) is 3.11. The van der Waals surface area contributed by atoms with E-state index >= 15 is 0 Å². The topological polar surface area (TPSA) is 102 Å². The summed E-state index contributed by atoms with van der Waals surface area (Å²) in [6.07, 6.45) is 3.29. The molecule has 3 aromatic rings. The maximum absolute atomic E-state index is 12.0. The molecule has 8 heteroatoms. The van der Waals surface area contributed by atoms with Crippen LogP contribution in [0.2, 0.25) is 0 Å². The van der Waals surface area contributed by atoms with Crippen molar-refractivity contribution in [1.82, 2.24) is 20.0 Å². The molecule has 2 aromatic heterocycles. The number of benzene rings is 1. The Morgan fingerprint density at radius 3 is 2.85 bits per heavy atom. The van der Waals surface area contributed by atoms with E-state index in [1.807, 2.05) is 25.1 Å². The van der Waals surface area contributed by atoms with Crippen molar-refractivity contribution in [3.63, 3.8) is 0 Å². The fourth-order valence-corrected chi connectivity index (χ4v) is 2.86. The molecule has 140 valence electrons. The molecule has 0 aliphatic heterocycles. The van der Waals surface area contributed by atoms with Gasteiger partial charge in [-0.05, 0) is 32.2 Å². The summed E-state index contributed by atoms with van der Waals surface area (Å²) in [6, 6.07) is 8.13. The SMILES string of the molecule is COc1ccc(C)cc1[C@H](C(=O)O)N(C)Cc1nc(-c2cccnc2)no1. The number of aryl methyl sites for hydroxylation is 1. The monoisotopic (exact) mass is 368 g/mol. The molecule has 3 rings (SSSR count). The van der Waals surface area contributed by atoms with Crippen molar-refractivity contribution in [1.29, 1.82) is 0 Å². The fraction of sp³-hybridized carbons (Fsp3) is 0.263. The Bertz CT molecular complexity index is 926. The summed E-state index contributed by atoms with van der Waals surface area (Å²) in [5.74, 6) is 0.246. The van der Waals surface area contributed by atoms with E-state index in [1.54, 1.807) is 36.5 Å². The van der Waals surface area contributed by atoms with Gasteiger partial charge in [-0.3, -0.25) is 14.7 Å². The molecule has 1 N–H and O–H groups in total. The van der Waals surface area contributed by atoms with Gasteiger partial charge in [-0.2, -0.15) is 4.98 Å². The quantitative estimate of drug-likeness (QED) is 0.679. The summed E-state index contributed by atoms with van der Waals surface area (Å²) in [5.41, 5.74) is 2.24. The van der Waals surface area contributed by atoms with Crippen molar-refractivity contribution in [2.24, 2.45) is 0 Å². The maximum atomic E-state index is 12.0. The van der Waals surface area contributed by atoms with Gasteiger partial charge in [-0.1, -0.05) is 22.9 Å². The van der Waals surface area contributed by atoms with Crippen molar-refractivity contribution in [2.75, 3.05) is 14.2 Å². The molecule has 0 fully saturated rings. The molecule has 27 heavy (non-hydrogen) atoms. The van der Waals surface area contributed by atoms with Crippen molar-refractivity contribution < 1.29 is 19.2 Å². The van der Waals surface area contributed by atoms with E-state index in [4.69, 9.17) is 9.26 Å². The van der Waals surface area contributed by atoms with E-state index in [9.17, 15) is 9.90 Å². The van der Waals surface area contributed by atoms with Crippen molar-refractivity contribution in [3.05, 3.63) is 59.7 Å². The number of methoxy groups -OCH3 is 1. The number of hydrogen-bond acceptors (Lipinski definition) is 7. The second kappa shape index (κ2) is 7.96. The highest BCUT2D eigenvalue weighted by Gasteiger charge is 2.29. The third-order valence-electron chi connectivity index (χ3n) is 4.13. The van der Waals surface area contributed by atoms with Crippen LogP contribution >= 0.6 is 0 Å². The van der Waals surface area contributed by atoms with E-state index < -0.39 is 12.0 Å². The normalized spacial score (nSPS) is 12.1. The third-order valence-corrected chi connectivity index (χ3v) is 4.13. The summed E-state index contributed by atoms with van der Waals surface area (Å²) in [5, 5.41) is 13.7. The summed E-state index contributed by atoms with van der Waals surface area (Å²) in [7, 11) is 3.21. The van der Waals surface area contributed by atoms with E-state index in [0.29, 0.717) is 23.0 Å². The lowest BCUT2D eigenvalue weighted by molar-refractivity contribution is -0.143. The van der Waals surface area contributed by atoms with Crippen LogP contribution in [0.1, 0.15) is 23.1 Å². The number of aromatic nitrogens is 3. The predicted molar refractivity (Wildman–Crippen MR) is 97.1 cm³/mol. The first-order valence-electron chi connectivity index (χ1n) is 8.30. The van der Waals surface area contributed by atoms with Gasteiger partial charge in [0.05, 0.1) is 13.7 Å². The maximum Gasteiger partial charge on any atom is 0.325 e. The number of carbonyl (C=O) groups is 1. The van der Waals surface area contributed by atoms with Crippen LogP contribution in [0.4, 0.5) is 0 Å². The number of likely N-dealkylation sites (N-methyl/N-ethyl adjacent to an activating group) is 1. The Morgan fingerprint density at radius 1 is 1.37 bits per heavy atom. The van der Waals surface area contributed by atoms with Gasteiger partial charge in [0, 0.05) is 23.5 Å². The number of hydrogen-bond donors (Lipinski definition) is 1. The van der Waals surface area contributed by atoms with Crippen LogP contribution in [0.3, 0.4) is 0 Å². The van der Waals surface area contributed by atoms with Crippen molar-refractivity contribution in [3.8, 4) is 17.1 Å². The molecule has 0 spiro atoms. The first-order chi connectivity index (χ1) is 13.0. The highest BCUT2D eigenvalue weighted by Crippen LogP contribution is 2.31. The first-order valence-corrected chi connectivity index (χ1v) is 8.30. The van der Waals surface area contributed by atoms with Gasteiger partial charge in [0.1, 0.15) is 11.8 Å². The van der Waals surface area contributed by atoms with Crippen LogP contribution in [0, 0.1) is 6.92 Å². The molecule has 0 saturated carbocycles.